The van der Waals surface area contributed by atoms with Gasteiger partial charge in [0, 0.05) is 24.0 Å². The summed E-state index contributed by atoms with van der Waals surface area (Å²) < 4.78 is 0. The van der Waals surface area contributed by atoms with Crippen LogP contribution in [0.3, 0.4) is 0 Å². The van der Waals surface area contributed by atoms with Crippen molar-refractivity contribution in [2.24, 2.45) is 0 Å². The highest BCUT2D eigenvalue weighted by Crippen LogP contribution is 2.30. The van der Waals surface area contributed by atoms with E-state index in [1.807, 2.05) is 37.4 Å². The summed E-state index contributed by atoms with van der Waals surface area (Å²) in [6.07, 6.45) is 2.79. The first-order valence-electron chi connectivity index (χ1n) is 10.6. The Morgan fingerprint density at radius 3 is 2.50 bits per heavy atom. The number of fused-ring (bicyclic) bond motifs is 1. The molecule has 0 saturated carbocycles. The van der Waals surface area contributed by atoms with Crippen molar-refractivity contribution in [2.75, 3.05) is 5.32 Å². The number of nitrogens with one attached hydrogen (secondary N) is 2. The third kappa shape index (κ3) is 3.80. The first-order chi connectivity index (χ1) is 15.7. The van der Waals surface area contributed by atoms with Crippen LogP contribution in [0.15, 0.2) is 66.9 Å². The topological polar surface area (TPSA) is 92.3 Å². The van der Waals surface area contributed by atoms with Gasteiger partial charge in [-0.1, -0.05) is 55.5 Å². The second kappa shape index (κ2) is 8.55. The number of tetrazole rings is 1. The molecule has 0 aliphatic heterocycles. The number of H-pyrrole nitrogens is 1. The van der Waals surface area contributed by atoms with E-state index in [0.717, 1.165) is 45.5 Å². The molecular formula is C25H23N7. The number of hydrogen-bond acceptors (Lipinski definition) is 6. The molecule has 0 spiro atoms. The zero-order valence-electron chi connectivity index (χ0n) is 18.0. The SMILES string of the molecule is CCc1ccnc2c(NCc3ccc(-c4ccccc4-c4nnn[nH]4)cc3)cc(C)nc12. The fourth-order valence-corrected chi connectivity index (χ4v) is 3.94. The van der Waals surface area contributed by atoms with Gasteiger partial charge in [-0.2, -0.15) is 0 Å². The Morgan fingerprint density at radius 1 is 0.938 bits per heavy atom. The van der Waals surface area contributed by atoms with Crippen molar-refractivity contribution in [3.8, 4) is 22.5 Å². The molecule has 3 aromatic heterocycles. The van der Waals surface area contributed by atoms with E-state index < -0.39 is 0 Å². The molecular weight excluding hydrogens is 398 g/mol. The number of anilines is 1. The molecule has 2 aromatic carbocycles. The minimum atomic E-state index is 0.658. The van der Waals surface area contributed by atoms with Gasteiger partial charge in [-0.05, 0) is 58.2 Å². The van der Waals surface area contributed by atoms with Crippen molar-refractivity contribution in [1.29, 1.82) is 0 Å². The Bertz CT molecular complexity index is 1360. The second-order valence-electron chi connectivity index (χ2n) is 7.68. The average Bonchev–Trinajstić information content (AvgIpc) is 3.37. The van der Waals surface area contributed by atoms with Crippen LogP contribution in [0, 0.1) is 6.92 Å². The highest BCUT2D eigenvalue weighted by molar-refractivity contribution is 5.89. The molecule has 7 nitrogen and oxygen atoms in total. The Labute approximate surface area is 186 Å². The van der Waals surface area contributed by atoms with Crippen molar-refractivity contribution >= 4 is 16.7 Å². The second-order valence-corrected chi connectivity index (χ2v) is 7.68. The number of benzene rings is 2. The van der Waals surface area contributed by atoms with E-state index in [2.05, 4.69) is 74.2 Å². The summed E-state index contributed by atoms with van der Waals surface area (Å²) in [6.45, 7) is 4.86. The van der Waals surface area contributed by atoms with E-state index in [4.69, 9.17) is 4.98 Å². The number of rotatable bonds is 6. The number of pyridine rings is 2. The van der Waals surface area contributed by atoms with Gasteiger partial charge in [-0.15, -0.1) is 5.10 Å². The summed E-state index contributed by atoms with van der Waals surface area (Å²) in [5.74, 6) is 0.658. The molecule has 5 aromatic rings. The largest absolute Gasteiger partial charge is 0.379 e. The number of nitrogens with zero attached hydrogens (tertiary/aromatic N) is 5. The van der Waals surface area contributed by atoms with Crippen LogP contribution < -0.4 is 5.32 Å². The lowest BCUT2D eigenvalue weighted by Crippen LogP contribution is -2.03. The third-order valence-corrected chi connectivity index (χ3v) is 5.56. The lowest BCUT2D eigenvalue weighted by Gasteiger charge is -2.13. The summed E-state index contributed by atoms with van der Waals surface area (Å²) in [5.41, 5.74) is 9.45. The molecule has 2 N–H and O–H groups in total. The van der Waals surface area contributed by atoms with E-state index in [1.54, 1.807) is 0 Å². The molecule has 0 bridgehead atoms. The van der Waals surface area contributed by atoms with Gasteiger partial charge in [0.25, 0.3) is 0 Å². The standard InChI is InChI=1S/C25H23N7/c1-3-18-12-13-26-24-22(14-16(2)28-23(18)24)27-15-17-8-10-19(11-9-17)20-6-4-5-7-21(20)25-29-31-32-30-25/h4-14H,3,15H2,1-2H3,(H,27,28)(H,29,30,31,32). The fraction of sp³-hybridized carbons (Fsp3) is 0.160. The third-order valence-electron chi connectivity index (χ3n) is 5.56. The molecule has 0 radical (unpaired) electrons. The molecule has 0 atom stereocenters. The van der Waals surface area contributed by atoms with E-state index in [1.165, 1.54) is 11.1 Å². The average molecular weight is 422 g/mol. The van der Waals surface area contributed by atoms with Crippen molar-refractivity contribution in [3.63, 3.8) is 0 Å². The van der Waals surface area contributed by atoms with Crippen LogP contribution in [0.25, 0.3) is 33.5 Å². The van der Waals surface area contributed by atoms with Crippen LogP contribution in [0.1, 0.15) is 23.7 Å². The monoisotopic (exact) mass is 421 g/mol. The zero-order valence-corrected chi connectivity index (χ0v) is 18.0. The van der Waals surface area contributed by atoms with Crippen LogP contribution in [0.4, 0.5) is 5.69 Å². The number of hydrogen-bond donors (Lipinski definition) is 2. The van der Waals surface area contributed by atoms with Gasteiger partial charge < -0.3 is 5.32 Å². The summed E-state index contributed by atoms with van der Waals surface area (Å²) in [7, 11) is 0. The summed E-state index contributed by atoms with van der Waals surface area (Å²) >= 11 is 0. The summed E-state index contributed by atoms with van der Waals surface area (Å²) in [5, 5.41) is 17.9. The lowest BCUT2D eigenvalue weighted by molar-refractivity contribution is 0.881. The molecule has 0 saturated heterocycles. The van der Waals surface area contributed by atoms with Crippen LogP contribution in [0.5, 0.6) is 0 Å². The van der Waals surface area contributed by atoms with Crippen molar-refractivity contribution in [2.45, 2.75) is 26.8 Å². The van der Waals surface area contributed by atoms with Crippen LogP contribution in [-0.2, 0) is 13.0 Å². The van der Waals surface area contributed by atoms with Gasteiger partial charge in [0.2, 0.25) is 0 Å². The van der Waals surface area contributed by atoms with Crippen LogP contribution >= 0.6 is 0 Å². The molecule has 0 aliphatic rings. The quantitative estimate of drug-likeness (QED) is 0.403. The van der Waals surface area contributed by atoms with Gasteiger partial charge in [0.15, 0.2) is 5.82 Å². The highest BCUT2D eigenvalue weighted by Gasteiger charge is 2.11. The maximum atomic E-state index is 4.72. The Balaban J connectivity index is 1.39. The first kappa shape index (κ1) is 19.8. The number of aromatic amines is 1. The van der Waals surface area contributed by atoms with E-state index in [9.17, 15) is 0 Å². The van der Waals surface area contributed by atoms with Gasteiger partial charge in [0.1, 0.15) is 5.52 Å². The van der Waals surface area contributed by atoms with Crippen LogP contribution in [0.2, 0.25) is 0 Å². The molecule has 5 rings (SSSR count). The minimum Gasteiger partial charge on any atom is -0.379 e. The van der Waals surface area contributed by atoms with Gasteiger partial charge in [0.05, 0.1) is 11.2 Å². The van der Waals surface area contributed by atoms with Crippen molar-refractivity contribution in [1.82, 2.24) is 30.6 Å². The van der Waals surface area contributed by atoms with Crippen molar-refractivity contribution < 1.29 is 0 Å². The van der Waals surface area contributed by atoms with Gasteiger partial charge in [-0.25, -0.2) is 5.10 Å². The molecule has 7 heteroatoms. The smallest absolute Gasteiger partial charge is 0.180 e. The summed E-state index contributed by atoms with van der Waals surface area (Å²) in [4.78, 5) is 9.30. The molecule has 0 unspecified atom stereocenters. The number of aryl methyl sites for hydroxylation is 2. The van der Waals surface area contributed by atoms with E-state index >= 15 is 0 Å². The summed E-state index contributed by atoms with van der Waals surface area (Å²) in [6, 6.07) is 20.7. The molecule has 158 valence electrons. The lowest BCUT2D eigenvalue weighted by atomic mass is 9.98. The van der Waals surface area contributed by atoms with Crippen molar-refractivity contribution in [3.05, 3.63) is 83.7 Å². The Hall–Kier alpha value is -4.13. The predicted octanol–water partition coefficient (Wildman–Crippen LogP) is 4.96. The molecule has 0 amide bonds. The molecule has 0 fully saturated rings. The normalized spacial score (nSPS) is 11.1. The predicted molar refractivity (Wildman–Crippen MR) is 126 cm³/mol. The van der Waals surface area contributed by atoms with E-state index in [-0.39, 0.29) is 0 Å². The minimum absolute atomic E-state index is 0.658. The van der Waals surface area contributed by atoms with Gasteiger partial charge in [-0.3, -0.25) is 9.97 Å². The molecule has 32 heavy (non-hydrogen) atoms. The molecule has 0 aliphatic carbocycles. The first-order valence-corrected chi connectivity index (χ1v) is 10.6. The maximum Gasteiger partial charge on any atom is 0.180 e. The van der Waals surface area contributed by atoms with E-state index in [0.29, 0.717) is 12.4 Å². The molecule has 3 heterocycles. The number of aromatic nitrogens is 6. The van der Waals surface area contributed by atoms with Gasteiger partial charge >= 0.3 is 0 Å². The maximum absolute atomic E-state index is 4.72. The fourth-order valence-electron chi connectivity index (χ4n) is 3.94. The zero-order chi connectivity index (χ0) is 21.9. The highest BCUT2D eigenvalue weighted by atomic mass is 15.5. The Kier molecular flexibility index (Phi) is 5.29. The van der Waals surface area contributed by atoms with Crippen LogP contribution in [-0.4, -0.2) is 30.6 Å². The Morgan fingerprint density at radius 2 is 1.75 bits per heavy atom.